The summed E-state index contributed by atoms with van der Waals surface area (Å²) >= 11 is 0. The average molecular weight is 309 g/mol. The number of carbonyl (C=O) groups is 1. The number of hydrogen-bond acceptors (Lipinski definition) is 3. The molecule has 1 aliphatic heterocycles. The molecular formula is C19H35NO2. The van der Waals surface area contributed by atoms with E-state index in [2.05, 4.69) is 11.5 Å². The van der Waals surface area contributed by atoms with Crippen molar-refractivity contribution in [1.29, 1.82) is 0 Å². The van der Waals surface area contributed by atoms with Crippen LogP contribution in [0.1, 0.15) is 71.1 Å². The second-order valence-electron chi connectivity index (χ2n) is 6.96. The molecule has 1 rings (SSSR count). The quantitative estimate of drug-likeness (QED) is 0.799. The van der Waals surface area contributed by atoms with Gasteiger partial charge in [0.15, 0.2) is 5.78 Å². The third-order valence-electron chi connectivity index (χ3n) is 4.93. The first-order valence-corrected chi connectivity index (χ1v) is 9.09. The maximum atomic E-state index is 12.6. The minimum atomic E-state index is -0.597. The number of aliphatic hydroxyl groups excluding tert-OH is 1. The molecule has 1 fully saturated rings. The summed E-state index contributed by atoms with van der Waals surface area (Å²) in [5.41, 5.74) is 0. The molecule has 3 nitrogen and oxygen atoms in total. The van der Waals surface area contributed by atoms with Crippen LogP contribution in [0.25, 0.3) is 0 Å². The second kappa shape index (κ2) is 11.0. The number of nitrogens with zero attached hydrogens (tertiary/aromatic N) is 1. The van der Waals surface area contributed by atoms with Gasteiger partial charge in [0.1, 0.15) is 0 Å². The Morgan fingerprint density at radius 1 is 1.18 bits per heavy atom. The fraction of sp³-hybridized carbons (Fsp3) is 0.842. The number of likely N-dealkylation sites (N-methyl/N-ethyl adjacent to an activating group) is 1. The van der Waals surface area contributed by atoms with E-state index in [-0.39, 0.29) is 17.7 Å². The predicted octanol–water partition coefficient (Wildman–Crippen LogP) is 3.95. The van der Waals surface area contributed by atoms with E-state index >= 15 is 0 Å². The molecule has 1 heterocycles. The lowest BCUT2D eigenvalue weighted by Gasteiger charge is -2.33. The van der Waals surface area contributed by atoms with Gasteiger partial charge in [-0.2, -0.15) is 0 Å². The van der Waals surface area contributed by atoms with Crippen molar-refractivity contribution >= 4 is 5.78 Å². The third kappa shape index (κ3) is 6.62. The van der Waals surface area contributed by atoms with Gasteiger partial charge in [-0.05, 0) is 38.8 Å². The molecule has 22 heavy (non-hydrogen) atoms. The number of ketones is 1. The number of carbonyl (C=O) groups excluding carboxylic acids is 1. The molecule has 0 aromatic rings. The van der Waals surface area contributed by atoms with Crippen molar-refractivity contribution in [2.75, 3.05) is 13.6 Å². The van der Waals surface area contributed by atoms with E-state index in [4.69, 9.17) is 0 Å². The minimum Gasteiger partial charge on any atom is -0.391 e. The minimum absolute atomic E-state index is 0.0737. The van der Waals surface area contributed by atoms with Crippen molar-refractivity contribution in [2.45, 2.75) is 83.3 Å². The molecule has 0 aromatic heterocycles. The number of hydrogen-bond donors (Lipinski definition) is 1. The Morgan fingerprint density at radius 3 is 2.32 bits per heavy atom. The van der Waals surface area contributed by atoms with Gasteiger partial charge in [0.05, 0.1) is 12.1 Å². The first-order valence-electron chi connectivity index (χ1n) is 9.09. The summed E-state index contributed by atoms with van der Waals surface area (Å²) in [6.07, 6.45) is 12.2. The monoisotopic (exact) mass is 309 g/mol. The Hall–Kier alpha value is -0.670. The molecule has 0 amide bonds. The molecular weight excluding hydrogens is 274 g/mol. The van der Waals surface area contributed by atoms with Crippen molar-refractivity contribution in [3.8, 4) is 0 Å². The normalized spacial score (nSPS) is 26.3. The molecule has 0 radical (unpaired) electrons. The van der Waals surface area contributed by atoms with Crippen LogP contribution in [0.15, 0.2) is 12.7 Å². The first kappa shape index (κ1) is 19.4. The summed E-state index contributed by atoms with van der Waals surface area (Å²) in [5, 5.41) is 10.7. The standard InChI is InChI=1S/C19H35NO2/c1-4-13-16(2)19(22)18-17(21)14-11-9-7-5-6-8-10-12-15-20(18)3/h4,16,18-19,22H,1,5-15H2,2-3H3/t16-,18-,19?/m1/s1. The molecule has 0 bridgehead atoms. The summed E-state index contributed by atoms with van der Waals surface area (Å²) in [5.74, 6) is 0.287. The molecule has 3 atom stereocenters. The van der Waals surface area contributed by atoms with Crippen molar-refractivity contribution in [1.82, 2.24) is 4.90 Å². The van der Waals surface area contributed by atoms with Crippen molar-refractivity contribution in [2.24, 2.45) is 5.92 Å². The van der Waals surface area contributed by atoms with E-state index in [1.165, 1.54) is 32.1 Å². The predicted molar refractivity (Wildman–Crippen MR) is 93.0 cm³/mol. The van der Waals surface area contributed by atoms with Crippen LogP contribution < -0.4 is 0 Å². The highest BCUT2D eigenvalue weighted by Crippen LogP contribution is 2.20. The first-order chi connectivity index (χ1) is 10.6. The van der Waals surface area contributed by atoms with E-state index in [1.807, 2.05) is 20.0 Å². The van der Waals surface area contributed by atoms with Crippen molar-refractivity contribution in [3.05, 3.63) is 12.7 Å². The number of Topliss-reactive ketones (excluding diaryl/α,β-unsaturated/α-hetero) is 1. The summed E-state index contributed by atoms with van der Waals surface area (Å²) in [6, 6.07) is -0.351. The van der Waals surface area contributed by atoms with Gasteiger partial charge < -0.3 is 5.11 Å². The Bertz CT molecular complexity index is 329. The van der Waals surface area contributed by atoms with E-state index in [0.717, 1.165) is 32.2 Å². The van der Waals surface area contributed by atoms with Gasteiger partial charge in [-0.1, -0.05) is 51.5 Å². The SMILES string of the molecule is C=CC[C@@H](C)C(O)[C@H]1C(=O)CCCCCCCCCCN1C. The van der Waals surface area contributed by atoms with Gasteiger partial charge in [-0.3, -0.25) is 9.69 Å². The van der Waals surface area contributed by atoms with Crippen LogP contribution in [0, 0.1) is 5.92 Å². The summed E-state index contributed by atoms with van der Waals surface area (Å²) in [7, 11) is 1.99. The number of aliphatic hydroxyl groups is 1. The molecule has 128 valence electrons. The van der Waals surface area contributed by atoms with Crippen molar-refractivity contribution < 1.29 is 9.90 Å². The van der Waals surface area contributed by atoms with Crippen molar-refractivity contribution in [3.63, 3.8) is 0 Å². The van der Waals surface area contributed by atoms with Crippen LogP contribution >= 0.6 is 0 Å². The molecule has 1 aliphatic rings. The fourth-order valence-corrected chi connectivity index (χ4v) is 3.42. The van der Waals surface area contributed by atoms with E-state index in [9.17, 15) is 9.90 Å². The van der Waals surface area contributed by atoms with Gasteiger partial charge in [0.2, 0.25) is 0 Å². The number of allylic oxidation sites excluding steroid dienone is 1. The highest BCUT2D eigenvalue weighted by molar-refractivity contribution is 5.84. The molecule has 0 saturated carbocycles. The zero-order valence-corrected chi connectivity index (χ0v) is 14.6. The van der Waals surface area contributed by atoms with E-state index < -0.39 is 6.10 Å². The Labute approximate surface area is 136 Å². The molecule has 1 saturated heterocycles. The zero-order chi connectivity index (χ0) is 16.4. The van der Waals surface area contributed by atoms with Crippen LogP contribution in [0.5, 0.6) is 0 Å². The van der Waals surface area contributed by atoms with Gasteiger partial charge in [0.25, 0.3) is 0 Å². The average Bonchev–Trinajstić information content (AvgIpc) is 2.50. The Morgan fingerprint density at radius 2 is 1.73 bits per heavy atom. The summed E-state index contributed by atoms with van der Waals surface area (Å²) in [6.45, 7) is 6.66. The Kier molecular flexibility index (Phi) is 9.65. The lowest BCUT2D eigenvalue weighted by molar-refractivity contribution is -0.129. The molecule has 0 aromatic carbocycles. The van der Waals surface area contributed by atoms with Gasteiger partial charge in [0, 0.05) is 6.42 Å². The fourth-order valence-electron chi connectivity index (χ4n) is 3.42. The maximum absolute atomic E-state index is 12.6. The van der Waals surface area contributed by atoms with Crippen LogP contribution in [-0.2, 0) is 4.79 Å². The summed E-state index contributed by atoms with van der Waals surface area (Å²) in [4.78, 5) is 14.7. The molecule has 0 aliphatic carbocycles. The summed E-state index contributed by atoms with van der Waals surface area (Å²) < 4.78 is 0. The lowest BCUT2D eigenvalue weighted by atomic mass is 9.89. The Balaban J connectivity index is 2.74. The van der Waals surface area contributed by atoms with E-state index in [0.29, 0.717) is 6.42 Å². The van der Waals surface area contributed by atoms with Gasteiger partial charge in [-0.25, -0.2) is 0 Å². The van der Waals surface area contributed by atoms with Crippen LogP contribution in [-0.4, -0.2) is 41.5 Å². The van der Waals surface area contributed by atoms with E-state index in [1.54, 1.807) is 0 Å². The number of rotatable bonds is 4. The smallest absolute Gasteiger partial charge is 0.152 e. The third-order valence-corrected chi connectivity index (χ3v) is 4.93. The molecule has 1 N–H and O–H groups in total. The second-order valence-corrected chi connectivity index (χ2v) is 6.96. The lowest BCUT2D eigenvalue weighted by Crippen LogP contribution is -2.49. The van der Waals surface area contributed by atoms with Crippen LogP contribution in [0.2, 0.25) is 0 Å². The topological polar surface area (TPSA) is 40.5 Å². The van der Waals surface area contributed by atoms with Crippen LogP contribution in [0.3, 0.4) is 0 Å². The molecule has 0 spiro atoms. The maximum Gasteiger partial charge on any atom is 0.152 e. The largest absolute Gasteiger partial charge is 0.391 e. The molecule has 1 unspecified atom stereocenters. The highest BCUT2D eigenvalue weighted by atomic mass is 16.3. The van der Waals surface area contributed by atoms with Gasteiger partial charge >= 0.3 is 0 Å². The zero-order valence-electron chi connectivity index (χ0n) is 14.6. The highest BCUT2D eigenvalue weighted by Gasteiger charge is 2.32. The van der Waals surface area contributed by atoms with Gasteiger partial charge in [-0.15, -0.1) is 6.58 Å². The van der Waals surface area contributed by atoms with Crippen LogP contribution in [0.4, 0.5) is 0 Å². The molecule has 3 heteroatoms.